The summed E-state index contributed by atoms with van der Waals surface area (Å²) in [6.07, 6.45) is 6.35. The molecule has 0 aliphatic heterocycles. The molecule has 0 radical (unpaired) electrons. The number of pyridine rings is 1. The van der Waals surface area contributed by atoms with Crippen molar-refractivity contribution < 1.29 is 0 Å². The molecule has 1 aromatic rings. The van der Waals surface area contributed by atoms with Crippen LogP contribution in [0, 0.1) is 4.91 Å². The van der Waals surface area contributed by atoms with Crippen LogP contribution in [-0.4, -0.2) is 4.98 Å². The van der Waals surface area contributed by atoms with Crippen LogP contribution >= 0.6 is 0 Å². The Balaban J connectivity index is 2.65. The second-order valence-electron chi connectivity index (χ2n) is 3.13. The third kappa shape index (κ3) is 1.16. The van der Waals surface area contributed by atoms with E-state index < -0.39 is 0 Å². The van der Waals surface area contributed by atoms with Crippen LogP contribution in [0.5, 0.6) is 0 Å². The molecule has 0 spiro atoms. The molecule has 0 aromatic carbocycles. The summed E-state index contributed by atoms with van der Waals surface area (Å²) in [5, 5.41) is 2.94. The van der Waals surface area contributed by atoms with Gasteiger partial charge in [0.15, 0.2) is 0 Å². The lowest BCUT2D eigenvalue weighted by atomic mass is 10.1. The van der Waals surface area contributed by atoms with Crippen molar-refractivity contribution in [3.63, 3.8) is 0 Å². The second kappa shape index (κ2) is 3.09. The summed E-state index contributed by atoms with van der Waals surface area (Å²) in [5.41, 5.74) is 3.54. The van der Waals surface area contributed by atoms with Crippen LogP contribution in [0.2, 0.25) is 0 Å². The standard InChI is InChI=1S/C10H10N2O/c1-2-7-8-4-3-5-9(8)11-6-10(7)12-13/h2,6H,1,3-5H2. The Morgan fingerprint density at radius 1 is 1.54 bits per heavy atom. The van der Waals surface area contributed by atoms with Crippen molar-refractivity contribution in [2.45, 2.75) is 19.3 Å². The Bertz CT molecular complexity index is 371. The minimum atomic E-state index is 0.413. The highest BCUT2D eigenvalue weighted by molar-refractivity contribution is 5.66. The first-order valence-electron chi connectivity index (χ1n) is 4.33. The third-order valence-electron chi connectivity index (χ3n) is 2.43. The predicted molar refractivity (Wildman–Crippen MR) is 51.8 cm³/mol. The summed E-state index contributed by atoms with van der Waals surface area (Å²) < 4.78 is 0. The highest BCUT2D eigenvalue weighted by Gasteiger charge is 2.17. The highest BCUT2D eigenvalue weighted by Crippen LogP contribution is 2.30. The van der Waals surface area contributed by atoms with Gasteiger partial charge in [0, 0.05) is 11.3 Å². The first-order chi connectivity index (χ1) is 6.36. The Kier molecular flexibility index (Phi) is 1.93. The van der Waals surface area contributed by atoms with Gasteiger partial charge < -0.3 is 0 Å². The Labute approximate surface area is 76.5 Å². The van der Waals surface area contributed by atoms with Gasteiger partial charge in [-0.3, -0.25) is 4.98 Å². The number of aryl methyl sites for hydroxylation is 1. The lowest BCUT2D eigenvalue weighted by molar-refractivity contribution is 0.899. The summed E-state index contributed by atoms with van der Waals surface area (Å²) in [6, 6.07) is 0. The molecule has 0 unspecified atom stereocenters. The fraction of sp³-hybridized carbons (Fsp3) is 0.300. The second-order valence-corrected chi connectivity index (χ2v) is 3.13. The van der Waals surface area contributed by atoms with Gasteiger partial charge in [-0.1, -0.05) is 12.7 Å². The minimum Gasteiger partial charge on any atom is -0.259 e. The topological polar surface area (TPSA) is 42.3 Å². The molecule has 66 valence electrons. The van der Waals surface area contributed by atoms with Crippen LogP contribution in [0.1, 0.15) is 23.2 Å². The minimum absolute atomic E-state index is 0.413. The van der Waals surface area contributed by atoms with Gasteiger partial charge >= 0.3 is 0 Å². The van der Waals surface area contributed by atoms with Gasteiger partial charge in [-0.25, -0.2) is 0 Å². The zero-order valence-corrected chi connectivity index (χ0v) is 7.29. The first kappa shape index (κ1) is 8.10. The maximum absolute atomic E-state index is 10.4. The van der Waals surface area contributed by atoms with Gasteiger partial charge in [0.25, 0.3) is 0 Å². The largest absolute Gasteiger partial charge is 0.259 e. The van der Waals surface area contributed by atoms with Crippen LogP contribution < -0.4 is 0 Å². The van der Waals surface area contributed by atoms with Crippen molar-refractivity contribution in [1.82, 2.24) is 4.98 Å². The number of hydrogen-bond acceptors (Lipinski definition) is 3. The van der Waals surface area contributed by atoms with Crippen LogP contribution in [0.15, 0.2) is 18.0 Å². The normalized spacial score (nSPS) is 13.8. The molecule has 1 aromatic heterocycles. The van der Waals surface area contributed by atoms with E-state index in [1.807, 2.05) is 0 Å². The Morgan fingerprint density at radius 2 is 2.38 bits per heavy atom. The van der Waals surface area contributed by atoms with E-state index >= 15 is 0 Å². The van der Waals surface area contributed by atoms with Gasteiger partial charge in [-0.15, -0.1) is 4.91 Å². The third-order valence-corrected chi connectivity index (χ3v) is 2.43. The van der Waals surface area contributed by atoms with Gasteiger partial charge in [0.05, 0.1) is 6.20 Å². The molecule has 2 rings (SSSR count). The molecule has 0 bridgehead atoms. The van der Waals surface area contributed by atoms with Gasteiger partial charge in [0.2, 0.25) is 0 Å². The molecule has 0 fully saturated rings. The number of nitrogens with zero attached hydrogens (tertiary/aromatic N) is 2. The number of nitroso groups, excluding NO2 is 1. The molecule has 0 amide bonds. The molecule has 3 nitrogen and oxygen atoms in total. The Morgan fingerprint density at radius 3 is 3.08 bits per heavy atom. The predicted octanol–water partition coefficient (Wildman–Crippen LogP) is 2.61. The first-order valence-corrected chi connectivity index (χ1v) is 4.33. The van der Waals surface area contributed by atoms with E-state index in [-0.39, 0.29) is 0 Å². The van der Waals surface area contributed by atoms with E-state index in [0.29, 0.717) is 5.69 Å². The molecule has 1 aliphatic rings. The lowest BCUT2D eigenvalue weighted by Crippen LogP contribution is -1.91. The molecule has 0 N–H and O–H groups in total. The van der Waals surface area contributed by atoms with Crippen LogP contribution in [0.4, 0.5) is 5.69 Å². The smallest absolute Gasteiger partial charge is 0.133 e. The SMILES string of the molecule is C=Cc1c(N=O)cnc2c1CCC2. The van der Waals surface area contributed by atoms with E-state index in [4.69, 9.17) is 0 Å². The molecule has 1 heterocycles. The van der Waals surface area contributed by atoms with E-state index in [9.17, 15) is 4.91 Å². The molecule has 0 saturated carbocycles. The Hall–Kier alpha value is -1.51. The summed E-state index contributed by atoms with van der Waals surface area (Å²) >= 11 is 0. The number of rotatable bonds is 2. The van der Waals surface area contributed by atoms with Crippen molar-refractivity contribution in [3.8, 4) is 0 Å². The molecular formula is C10H10N2O. The van der Waals surface area contributed by atoms with Crippen molar-refractivity contribution in [2.24, 2.45) is 5.18 Å². The molecule has 1 aliphatic carbocycles. The number of fused-ring (bicyclic) bond motifs is 1. The van der Waals surface area contributed by atoms with Gasteiger partial charge in [-0.2, -0.15) is 0 Å². The highest BCUT2D eigenvalue weighted by atomic mass is 16.3. The average molecular weight is 174 g/mol. The molecule has 0 atom stereocenters. The van der Waals surface area contributed by atoms with Crippen molar-refractivity contribution in [2.75, 3.05) is 0 Å². The summed E-state index contributed by atoms with van der Waals surface area (Å²) in [6.45, 7) is 3.69. The molecule has 0 saturated heterocycles. The maximum Gasteiger partial charge on any atom is 0.133 e. The number of aromatic nitrogens is 1. The maximum atomic E-state index is 10.4. The van der Waals surface area contributed by atoms with Gasteiger partial charge in [0.1, 0.15) is 5.69 Å². The van der Waals surface area contributed by atoms with Gasteiger partial charge in [-0.05, 0) is 30.0 Å². The van der Waals surface area contributed by atoms with Crippen molar-refractivity contribution >= 4 is 11.8 Å². The molecule has 13 heavy (non-hydrogen) atoms. The van der Waals surface area contributed by atoms with E-state index in [0.717, 1.165) is 36.1 Å². The van der Waals surface area contributed by atoms with Crippen molar-refractivity contribution in [3.05, 3.63) is 34.5 Å². The fourth-order valence-corrected chi connectivity index (χ4v) is 1.82. The molecular weight excluding hydrogens is 164 g/mol. The van der Waals surface area contributed by atoms with Crippen LogP contribution in [-0.2, 0) is 12.8 Å². The van der Waals surface area contributed by atoms with Crippen molar-refractivity contribution in [1.29, 1.82) is 0 Å². The van der Waals surface area contributed by atoms with Crippen LogP contribution in [0.25, 0.3) is 6.08 Å². The average Bonchev–Trinajstić information content (AvgIpc) is 2.63. The summed E-state index contributed by atoms with van der Waals surface area (Å²) in [4.78, 5) is 14.6. The lowest BCUT2D eigenvalue weighted by Gasteiger charge is -2.04. The fourth-order valence-electron chi connectivity index (χ4n) is 1.82. The van der Waals surface area contributed by atoms with E-state index in [2.05, 4.69) is 16.7 Å². The van der Waals surface area contributed by atoms with E-state index in [1.54, 1.807) is 6.08 Å². The quantitative estimate of drug-likeness (QED) is 0.647. The number of hydrogen-bond donors (Lipinski definition) is 0. The zero-order valence-electron chi connectivity index (χ0n) is 7.29. The molecule has 3 heteroatoms. The summed E-state index contributed by atoms with van der Waals surface area (Å²) in [7, 11) is 0. The summed E-state index contributed by atoms with van der Waals surface area (Å²) in [5.74, 6) is 0. The van der Waals surface area contributed by atoms with Crippen LogP contribution in [0.3, 0.4) is 0 Å². The van der Waals surface area contributed by atoms with E-state index in [1.165, 1.54) is 6.20 Å². The zero-order chi connectivity index (χ0) is 9.26. The monoisotopic (exact) mass is 174 g/mol.